The van der Waals surface area contributed by atoms with Gasteiger partial charge in [0, 0.05) is 60.8 Å². The Kier molecular flexibility index (Phi) is 7.05. The highest BCUT2D eigenvalue weighted by molar-refractivity contribution is 5.73. The first-order valence-electron chi connectivity index (χ1n) is 15.6. The Morgan fingerprint density at radius 3 is 2.22 bits per heavy atom. The normalized spacial score (nSPS) is 45.9. The van der Waals surface area contributed by atoms with Gasteiger partial charge in [-0.1, -0.05) is 20.8 Å². The zero-order chi connectivity index (χ0) is 32.9. The fraction of sp³-hybridized carbons (Fsp3) is 0.727. The molecule has 0 unspecified atom stereocenters. The standard InChI is InChI=1S/C33H42O12/c1-16(34)42-27-25-28(43-17(2)35)33(39)20(8-10-29(4)22(33)13-24(38)44-26(29)19-9-11-41-14-19)31(6)21(12-23(37)40-7)30(27,5)15-32(25,31)45-18(3)36/h9,11,14,20-22,25-28,39H,8,10,12-13,15H2,1-7H3/t20-,21+,22-,25+,26+,27-,28-,29-,30-,31-,32+,33-/m1/s1. The molecule has 5 aliphatic rings. The molecule has 246 valence electrons. The Morgan fingerprint density at radius 1 is 0.978 bits per heavy atom. The second kappa shape index (κ2) is 10.0. The summed E-state index contributed by atoms with van der Waals surface area (Å²) in [5.41, 5.74) is -5.50. The van der Waals surface area contributed by atoms with Crippen LogP contribution >= 0.6 is 0 Å². The van der Waals surface area contributed by atoms with E-state index in [1.165, 1.54) is 40.4 Å². The highest BCUT2D eigenvalue weighted by Crippen LogP contribution is 2.82. The number of carbonyl (C=O) groups excluding carboxylic acids is 5. The van der Waals surface area contributed by atoms with E-state index < -0.39 is 99.3 Å². The van der Waals surface area contributed by atoms with Gasteiger partial charge in [0.15, 0.2) is 0 Å². The van der Waals surface area contributed by atoms with Crippen molar-refractivity contribution in [2.75, 3.05) is 7.11 Å². The first kappa shape index (κ1) is 31.6. The van der Waals surface area contributed by atoms with Crippen LogP contribution in [-0.4, -0.2) is 65.5 Å². The zero-order valence-electron chi connectivity index (χ0n) is 26.7. The number of esters is 5. The third kappa shape index (κ3) is 3.96. The molecule has 1 aromatic heterocycles. The third-order valence-electron chi connectivity index (χ3n) is 12.6. The lowest BCUT2D eigenvalue weighted by Gasteiger charge is -2.72. The molecule has 4 saturated carbocycles. The minimum absolute atomic E-state index is 0.0938. The number of methoxy groups -OCH3 is 1. The van der Waals surface area contributed by atoms with Crippen LogP contribution in [0.3, 0.4) is 0 Å². The van der Waals surface area contributed by atoms with Gasteiger partial charge in [-0.05, 0) is 31.2 Å². The monoisotopic (exact) mass is 630 g/mol. The SMILES string of the molecule is COC(=O)C[C@H]1[C@@]2(C)C[C@]3(OC(C)=O)[C@@H]([C@H]2OC(C)=O)[C@@H](OC(C)=O)[C@]2(O)[C@@H]4CC(=O)O[C@@H](c5ccoc5)[C@]4(C)CC[C@@H]2[C@]13C. The molecule has 0 amide bonds. The number of furan rings is 1. The molecule has 6 rings (SSSR count). The van der Waals surface area contributed by atoms with Gasteiger partial charge in [-0.15, -0.1) is 0 Å². The predicted octanol–water partition coefficient (Wildman–Crippen LogP) is 3.44. The van der Waals surface area contributed by atoms with E-state index in [0.29, 0.717) is 18.4 Å². The van der Waals surface area contributed by atoms with Crippen molar-refractivity contribution in [2.24, 2.45) is 39.9 Å². The molecule has 1 N–H and O–H groups in total. The van der Waals surface area contributed by atoms with Crippen LogP contribution in [0.15, 0.2) is 23.0 Å². The van der Waals surface area contributed by atoms with E-state index in [4.69, 9.17) is 28.1 Å². The second-order valence-corrected chi connectivity index (χ2v) is 14.5. The van der Waals surface area contributed by atoms with Crippen LogP contribution < -0.4 is 0 Å². The molecule has 4 aliphatic carbocycles. The molecule has 1 aromatic rings. The molecular weight excluding hydrogens is 588 g/mol. The summed E-state index contributed by atoms with van der Waals surface area (Å²) in [7, 11) is 1.29. The van der Waals surface area contributed by atoms with Crippen molar-refractivity contribution in [3.8, 4) is 0 Å². The lowest BCUT2D eigenvalue weighted by molar-refractivity contribution is -0.354. The summed E-state index contributed by atoms with van der Waals surface area (Å²) >= 11 is 0. The molecule has 12 nitrogen and oxygen atoms in total. The average molecular weight is 631 g/mol. The van der Waals surface area contributed by atoms with Gasteiger partial charge < -0.3 is 33.2 Å². The van der Waals surface area contributed by atoms with Gasteiger partial charge in [-0.3, -0.25) is 24.0 Å². The molecule has 0 spiro atoms. The van der Waals surface area contributed by atoms with Gasteiger partial charge >= 0.3 is 29.8 Å². The molecule has 2 heterocycles. The van der Waals surface area contributed by atoms with E-state index in [9.17, 15) is 29.1 Å². The third-order valence-corrected chi connectivity index (χ3v) is 12.6. The maximum Gasteiger partial charge on any atom is 0.306 e. The van der Waals surface area contributed by atoms with Crippen LogP contribution in [0.2, 0.25) is 0 Å². The van der Waals surface area contributed by atoms with E-state index in [1.807, 2.05) is 20.8 Å². The van der Waals surface area contributed by atoms with Gasteiger partial charge in [0.25, 0.3) is 0 Å². The van der Waals surface area contributed by atoms with Crippen LogP contribution in [0, 0.1) is 39.9 Å². The van der Waals surface area contributed by atoms with Crippen molar-refractivity contribution in [1.82, 2.24) is 0 Å². The number of rotatable bonds is 6. The number of carbonyl (C=O) groups is 5. The highest BCUT2D eigenvalue weighted by Gasteiger charge is 2.90. The minimum Gasteiger partial charge on any atom is -0.472 e. The predicted molar refractivity (Wildman–Crippen MR) is 151 cm³/mol. The Morgan fingerprint density at radius 2 is 1.64 bits per heavy atom. The molecule has 1 aliphatic heterocycles. The van der Waals surface area contributed by atoms with Crippen molar-refractivity contribution in [1.29, 1.82) is 0 Å². The van der Waals surface area contributed by atoms with E-state index in [1.54, 1.807) is 6.07 Å². The van der Waals surface area contributed by atoms with Gasteiger partial charge in [0.05, 0.1) is 32.0 Å². The molecule has 0 radical (unpaired) electrons. The van der Waals surface area contributed by atoms with Crippen LogP contribution in [0.4, 0.5) is 0 Å². The molecule has 0 aromatic carbocycles. The number of ether oxygens (including phenoxy) is 5. The van der Waals surface area contributed by atoms with Crippen LogP contribution in [0.5, 0.6) is 0 Å². The van der Waals surface area contributed by atoms with Crippen molar-refractivity contribution in [3.05, 3.63) is 24.2 Å². The van der Waals surface area contributed by atoms with Gasteiger partial charge in [-0.2, -0.15) is 0 Å². The first-order chi connectivity index (χ1) is 21.0. The molecule has 12 heteroatoms. The maximum absolute atomic E-state index is 13.5. The molecule has 12 atom stereocenters. The summed E-state index contributed by atoms with van der Waals surface area (Å²) in [4.78, 5) is 65.0. The van der Waals surface area contributed by atoms with Crippen molar-refractivity contribution >= 4 is 29.8 Å². The largest absolute Gasteiger partial charge is 0.472 e. The van der Waals surface area contributed by atoms with E-state index in [-0.39, 0.29) is 19.3 Å². The van der Waals surface area contributed by atoms with Crippen LogP contribution in [-0.2, 0) is 47.7 Å². The second-order valence-electron chi connectivity index (χ2n) is 14.5. The molecule has 2 bridgehead atoms. The lowest BCUT2D eigenvalue weighted by atomic mass is 9.36. The fourth-order valence-corrected chi connectivity index (χ4v) is 11.3. The summed E-state index contributed by atoms with van der Waals surface area (Å²) in [6, 6.07) is 1.72. The van der Waals surface area contributed by atoms with E-state index >= 15 is 0 Å². The molecule has 5 fully saturated rings. The highest BCUT2D eigenvalue weighted by atomic mass is 16.6. The van der Waals surface area contributed by atoms with Crippen LogP contribution in [0.25, 0.3) is 0 Å². The van der Waals surface area contributed by atoms with E-state index in [2.05, 4.69) is 0 Å². The summed E-state index contributed by atoms with van der Waals surface area (Å²) in [5.74, 6) is -6.04. The molecule has 1 saturated heterocycles. The number of cyclic esters (lactones) is 1. The van der Waals surface area contributed by atoms with E-state index in [0.717, 1.165) is 0 Å². The zero-order valence-corrected chi connectivity index (χ0v) is 26.7. The van der Waals surface area contributed by atoms with Crippen molar-refractivity contribution in [3.63, 3.8) is 0 Å². The Balaban J connectivity index is 1.63. The minimum atomic E-state index is -1.89. The fourth-order valence-electron chi connectivity index (χ4n) is 11.3. The Hall–Kier alpha value is -3.41. The molecule has 45 heavy (non-hydrogen) atoms. The van der Waals surface area contributed by atoms with Gasteiger partial charge in [0.2, 0.25) is 0 Å². The van der Waals surface area contributed by atoms with Crippen molar-refractivity contribution < 1.29 is 57.2 Å². The Labute approximate surface area is 261 Å². The van der Waals surface area contributed by atoms with Gasteiger partial charge in [-0.25, -0.2) is 0 Å². The molecular formula is C33H42O12. The summed E-state index contributed by atoms with van der Waals surface area (Å²) in [6.45, 7) is 9.54. The Bertz CT molecular complexity index is 1440. The summed E-state index contributed by atoms with van der Waals surface area (Å²) < 4.78 is 34.9. The topological polar surface area (TPSA) is 165 Å². The number of hydrogen-bond donors (Lipinski definition) is 1. The first-order valence-corrected chi connectivity index (χ1v) is 15.6. The summed E-state index contributed by atoms with van der Waals surface area (Å²) in [5, 5.41) is 13.5. The van der Waals surface area contributed by atoms with Crippen LogP contribution in [0.1, 0.15) is 85.3 Å². The maximum atomic E-state index is 13.5. The summed E-state index contributed by atoms with van der Waals surface area (Å²) in [6.07, 6.45) is 0.684. The number of aliphatic hydroxyl groups is 1. The quantitative estimate of drug-likeness (QED) is 0.360. The van der Waals surface area contributed by atoms with Gasteiger partial charge in [0.1, 0.15) is 29.5 Å². The average Bonchev–Trinajstić information content (AvgIpc) is 3.60. The number of hydrogen-bond acceptors (Lipinski definition) is 12. The lowest BCUT2D eigenvalue weighted by Crippen LogP contribution is -2.81. The number of fused-ring (bicyclic) bond motifs is 5. The van der Waals surface area contributed by atoms with Crippen molar-refractivity contribution in [2.45, 2.75) is 103 Å². The smallest absolute Gasteiger partial charge is 0.306 e.